The van der Waals surface area contributed by atoms with E-state index in [9.17, 15) is 0 Å². The zero-order valence-electron chi connectivity index (χ0n) is 7.67. The summed E-state index contributed by atoms with van der Waals surface area (Å²) >= 11 is 0. The quantitative estimate of drug-likeness (QED) is 0.572. The van der Waals surface area contributed by atoms with E-state index in [0.29, 0.717) is 0 Å². The van der Waals surface area contributed by atoms with Crippen molar-refractivity contribution in [2.75, 3.05) is 13.2 Å². The Kier molecular flexibility index (Phi) is 7.89. The summed E-state index contributed by atoms with van der Waals surface area (Å²) in [6.45, 7) is 7.62. The van der Waals surface area contributed by atoms with Crippen molar-refractivity contribution in [2.45, 2.75) is 27.2 Å². The van der Waals surface area contributed by atoms with E-state index in [1.165, 1.54) is 0 Å². The first-order valence-corrected chi connectivity index (χ1v) is 5.85. The van der Waals surface area contributed by atoms with Crippen LogP contribution in [0.15, 0.2) is 11.8 Å². The number of hydrogen-bond donors (Lipinski definition) is 0. The van der Waals surface area contributed by atoms with Gasteiger partial charge in [0.05, 0.1) is 0 Å². The third kappa shape index (κ3) is 6.28. The number of rotatable bonds is 6. The standard InChI is InChI=1S/C8H18O2Si/c1-4-7-8-11(9-5-2)10-6-3/h7-8,11H,4-6H2,1-3H3. The SMILES string of the molecule is CCC=C[SiH](OCC)OCC. The Morgan fingerprint density at radius 1 is 1.09 bits per heavy atom. The lowest BCUT2D eigenvalue weighted by molar-refractivity contribution is 0.224. The summed E-state index contributed by atoms with van der Waals surface area (Å²) in [7, 11) is -1.43. The fourth-order valence-corrected chi connectivity index (χ4v) is 2.20. The summed E-state index contributed by atoms with van der Waals surface area (Å²) < 4.78 is 10.8. The summed E-state index contributed by atoms with van der Waals surface area (Å²) in [6.07, 6.45) is 3.17. The molecule has 0 rings (SSSR count). The Labute approximate surface area is 71.1 Å². The van der Waals surface area contributed by atoms with Crippen LogP contribution in [0.4, 0.5) is 0 Å². The molecule has 0 unspecified atom stereocenters. The minimum absolute atomic E-state index is 0.755. The maximum absolute atomic E-state index is 5.41. The highest BCUT2D eigenvalue weighted by atomic mass is 28.3. The first-order valence-electron chi connectivity index (χ1n) is 4.24. The third-order valence-corrected chi connectivity index (χ3v) is 3.10. The van der Waals surface area contributed by atoms with Gasteiger partial charge in [0.15, 0.2) is 0 Å². The zero-order valence-corrected chi connectivity index (χ0v) is 8.82. The molecule has 0 fully saturated rings. The zero-order chi connectivity index (χ0) is 8.53. The third-order valence-electron chi connectivity index (χ3n) is 1.19. The summed E-state index contributed by atoms with van der Waals surface area (Å²) in [5.41, 5.74) is 2.09. The van der Waals surface area contributed by atoms with Gasteiger partial charge in [0, 0.05) is 13.2 Å². The summed E-state index contributed by atoms with van der Waals surface area (Å²) in [5, 5.41) is 0. The molecule has 0 bridgehead atoms. The lowest BCUT2D eigenvalue weighted by Crippen LogP contribution is -2.20. The molecule has 0 spiro atoms. The van der Waals surface area contributed by atoms with Gasteiger partial charge in [0.25, 0.3) is 0 Å². The maximum Gasteiger partial charge on any atom is 0.348 e. The molecule has 0 aliphatic carbocycles. The molecule has 0 amide bonds. The highest BCUT2D eigenvalue weighted by Crippen LogP contribution is 1.92. The van der Waals surface area contributed by atoms with E-state index in [1.807, 2.05) is 13.8 Å². The van der Waals surface area contributed by atoms with Crippen molar-refractivity contribution in [1.29, 1.82) is 0 Å². The Bertz CT molecular complexity index is 98.3. The average molecular weight is 174 g/mol. The van der Waals surface area contributed by atoms with Gasteiger partial charge in [-0.05, 0) is 26.0 Å². The largest absolute Gasteiger partial charge is 0.394 e. The molecule has 66 valence electrons. The van der Waals surface area contributed by atoms with Gasteiger partial charge in [-0.25, -0.2) is 0 Å². The molecule has 0 aliphatic heterocycles. The van der Waals surface area contributed by atoms with Gasteiger partial charge in [0.1, 0.15) is 0 Å². The predicted octanol–water partition coefficient (Wildman–Crippen LogP) is 1.79. The molecule has 0 N–H and O–H groups in total. The van der Waals surface area contributed by atoms with E-state index in [1.54, 1.807) is 0 Å². The van der Waals surface area contributed by atoms with Crippen LogP contribution >= 0.6 is 0 Å². The Balaban J connectivity index is 3.58. The molecular weight excluding hydrogens is 156 g/mol. The summed E-state index contributed by atoms with van der Waals surface area (Å²) in [5.74, 6) is 0. The normalized spacial score (nSPS) is 11.6. The Morgan fingerprint density at radius 3 is 2.00 bits per heavy atom. The van der Waals surface area contributed by atoms with Crippen molar-refractivity contribution in [1.82, 2.24) is 0 Å². The fourth-order valence-electron chi connectivity index (χ4n) is 0.735. The second kappa shape index (κ2) is 7.98. The average Bonchev–Trinajstić information content (AvgIpc) is 2.01. The van der Waals surface area contributed by atoms with Crippen molar-refractivity contribution in [3.63, 3.8) is 0 Å². The van der Waals surface area contributed by atoms with Crippen molar-refractivity contribution in [3.8, 4) is 0 Å². The molecule has 0 aromatic heterocycles. The van der Waals surface area contributed by atoms with Crippen LogP contribution in [-0.2, 0) is 8.85 Å². The Hall–Kier alpha value is -0.123. The van der Waals surface area contributed by atoms with Crippen LogP contribution in [0.1, 0.15) is 27.2 Å². The van der Waals surface area contributed by atoms with Gasteiger partial charge >= 0.3 is 9.28 Å². The molecule has 3 heteroatoms. The molecule has 0 heterocycles. The van der Waals surface area contributed by atoms with Crippen LogP contribution in [0.5, 0.6) is 0 Å². The van der Waals surface area contributed by atoms with Crippen molar-refractivity contribution in [3.05, 3.63) is 11.8 Å². The topological polar surface area (TPSA) is 18.5 Å². The lowest BCUT2D eigenvalue weighted by Gasteiger charge is -2.09. The van der Waals surface area contributed by atoms with Gasteiger partial charge in [-0.3, -0.25) is 0 Å². The number of hydrogen-bond acceptors (Lipinski definition) is 2. The molecule has 0 aliphatic rings. The first-order chi connectivity index (χ1) is 5.35. The Morgan fingerprint density at radius 2 is 1.64 bits per heavy atom. The maximum atomic E-state index is 5.41. The van der Waals surface area contributed by atoms with E-state index in [2.05, 4.69) is 18.7 Å². The smallest absolute Gasteiger partial charge is 0.348 e. The van der Waals surface area contributed by atoms with Crippen LogP contribution in [0.2, 0.25) is 0 Å². The molecule has 0 aromatic rings. The summed E-state index contributed by atoms with van der Waals surface area (Å²) in [4.78, 5) is 0. The van der Waals surface area contributed by atoms with Crippen LogP contribution in [0, 0.1) is 0 Å². The van der Waals surface area contributed by atoms with Gasteiger partial charge in [-0.1, -0.05) is 13.0 Å². The van der Waals surface area contributed by atoms with Crippen LogP contribution in [0.25, 0.3) is 0 Å². The molecule has 11 heavy (non-hydrogen) atoms. The first kappa shape index (κ1) is 10.9. The predicted molar refractivity (Wildman–Crippen MR) is 49.8 cm³/mol. The van der Waals surface area contributed by atoms with E-state index in [4.69, 9.17) is 8.85 Å². The highest BCUT2D eigenvalue weighted by Gasteiger charge is 2.05. The molecule has 0 aromatic carbocycles. The van der Waals surface area contributed by atoms with Gasteiger partial charge in [-0.2, -0.15) is 0 Å². The fraction of sp³-hybridized carbons (Fsp3) is 0.750. The number of allylic oxidation sites excluding steroid dienone is 1. The minimum atomic E-state index is -1.43. The molecule has 0 atom stereocenters. The lowest BCUT2D eigenvalue weighted by atomic mass is 10.5. The molecular formula is C8H18O2Si. The van der Waals surface area contributed by atoms with E-state index in [0.717, 1.165) is 19.6 Å². The molecule has 2 nitrogen and oxygen atoms in total. The van der Waals surface area contributed by atoms with Crippen molar-refractivity contribution >= 4 is 9.28 Å². The van der Waals surface area contributed by atoms with Gasteiger partial charge in [-0.15, -0.1) is 0 Å². The molecule has 0 saturated heterocycles. The summed E-state index contributed by atoms with van der Waals surface area (Å²) in [6, 6.07) is 0. The van der Waals surface area contributed by atoms with E-state index < -0.39 is 9.28 Å². The van der Waals surface area contributed by atoms with Crippen LogP contribution in [0.3, 0.4) is 0 Å². The van der Waals surface area contributed by atoms with E-state index in [-0.39, 0.29) is 0 Å². The minimum Gasteiger partial charge on any atom is -0.394 e. The van der Waals surface area contributed by atoms with Crippen molar-refractivity contribution in [2.24, 2.45) is 0 Å². The second-order valence-corrected chi connectivity index (χ2v) is 3.90. The van der Waals surface area contributed by atoms with E-state index >= 15 is 0 Å². The van der Waals surface area contributed by atoms with Crippen LogP contribution in [-0.4, -0.2) is 22.5 Å². The molecule has 0 saturated carbocycles. The van der Waals surface area contributed by atoms with Crippen LogP contribution < -0.4 is 0 Å². The van der Waals surface area contributed by atoms with Crippen molar-refractivity contribution < 1.29 is 8.85 Å². The van der Waals surface area contributed by atoms with Gasteiger partial charge < -0.3 is 8.85 Å². The second-order valence-electron chi connectivity index (χ2n) is 2.12. The monoisotopic (exact) mass is 174 g/mol. The van der Waals surface area contributed by atoms with Gasteiger partial charge in [0.2, 0.25) is 0 Å². The highest BCUT2D eigenvalue weighted by molar-refractivity contribution is 6.50. The molecule has 0 radical (unpaired) electrons.